The topological polar surface area (TPSA) is 75.9 Å². The molecule has 33 heavy (non-hydrogen) atoms. The van der Waals surface area contributed by atoms with Crippen molar-refractivity contribution in [2.75, 3.05) is 25.6 Å². The number of thioether (sulfide) groups is 1. The Kier molecular flexibility index (Phi) is 6.92. The number of aromatic nitrogens is 2. The predicted octanol–water partition coefficient (Wildman–Crippen LogP) is 4.02. The molecular weight excluding hydrogens is 456 g/mol. The minimum absolute atomic E-state index is 0.104. The molecule has 3 aromatic rings. The van der Waals surface area contributed by atoms with E-state index in [1.165, 1.54) is 21.1 Å². The van der Waals surface area contributed by atoms with E-state index >= 15 is 0 Å². The minimum Gasteiger partial charge on any atom is -0.383 e. The molecule has 1 amide bonds. The molecule has 0 spiro atoms. The lowest BCUT2D eigenvalue weighted by Crippen LogP contribution is -2.31. The average molecular weight is 481 g/mol. The normalized spacial score (nSPS) is 16.1. The van der Waals surface area contributed by atoms with Gasteiger partial charge in [0.15, 0.2) is 0 Å². The van der Waals surface area contributed by atoms with E-state index in [1.807, 2.05) is 50.2 Å². The lowest BCUT2D eigenvalue weighted by molar-refractivity contribution is -0.122. The molecule has 1 N–H and O–H groups in total. The fourth-order valence-electron chi connectivity index (χ4n) is 3.59. The molecule has 3 heterocycles. The van der Waals surface area contributed by atoms with Crippen molar-refractivity contribution in [1.29, 1.82) is 0 Å². The second-order valence-corrected chi connectivity index (χ2v) is 9.34. The average Bonchev–Trinajstić information content (AvgIpc) is 3.08. The third kappa shape index (κ3) is 4.71. The van der Waals surface area contributed by atoms with Crippen molar-refractivity contribution in [2.45, 2.75) is 19.9 Å². The summed E-state index contributed by atoms with van der Waals surface area (Å²) >= 11 is 6.55. The van der Waals surface area contributed by atoms with Crippen molar-refractivity contribution in [3.05, 3.63) is 80.6 Å². The van der Waals surface area contributed by atoms with E-state index in [2.05, 4.69) is 5.32 Å². The molecule has 0 radical (unpaired) electrons. The molecule has 1 fully saturated rings. The molecule has 7 nitrogen and oxygen atoms in total. The summed E-state index contributed by atoms with van der Waals surface area (Å²) in [5, 5.41) is 3.38. The predicted molar refractivity (Wildman–Crippen MR) is 136 cm³/mol. The molecule has 1 aliphatic rings. The monoisotopic (exact) mass is 480 g/mol. The summed E-state index contributed by atoms with van der Waals surface area (Å²) in [6.45, 7) is 4.65. The van der Waals surface area contributed by atoms with E-state index in [9.17, 15) is 9.59 Å². The first kappa shape index (κ1) is 23.2. The van der Waals surface area contributed by atoms with Crippen LogP contribution in [-0.4, -0.2) is 44.8 Å². The molecule has 9 heteroatoms. The quantitative estimate of drug-likeness (QED) is 0.404. The number of aryl methyl sites for hydroxylation is 1. The molecular formula is C24H24N4O3S2. The van der Waals surface area contributed by atoms with Crippen LogP contribution in [0.2, 0.25) is 0 Å². The number of carbonyl (C=O) groups excluding carboxylic acids is 1. The lowest BCUT2D eigenvalue weighted by atomic mass is 10.1. The number of thiocarbonyl (C=S) groups is 1. The van der Waals surface area contributed by atoms with Gasteiger partial charge in [0.25, 0.3) is 11.5 Å². The number of rotatable bonds is 7. The second-order valence-electron chi connectivity index (χ2n) is 7.67. The van der Waals surface area contributed by atoms with Crippen molar-refractivity contribution < 1.29 is 9.53 Å². The van der Waals surface area contributed by atoms with E-state index in [0.717, 1.165) is 11.1 Å². The Hall–Kier alpha value is -3.01. The van der Waals surface area contributed by atoms with Gasteiger partial charge in [-0.25, -0.2) is 4.98 Å². The van der Waals surface area contributed by atoms with Crippen LogP contribution in [0.3, 0.4) is 0 Å². The zero-order valence-electron chi connectivity index (χ0n) is 18.6. The highest BCUT2D eigenvalue weighted by Crippen LogP contribution is 2.33. The Morgan fingerprint density at radius 3 is 2.70 bits per heavy atom. The number of ether oxygens (including phenoxy) is 1. The van der Waals surface area contributed by atoms with Gasteiger partial charge in [-0.2, -0.15) is 0 Å². The Labute approximate surface area is 201 Å². The largest absolute Gasteiger partial charge is 0.383 e. The number of nitrogens with zero attached hydrogens (tertiary/aromatic N) is 3. The molecule has 0 bridgehead atoms. The summed E-state index contributed by atoms with van der Waals surface area (Å²) in [7, 11) is 1.57. The van der Waals surface area contributed by atoms with Gasteiger partial charge in [0.1, 0.15) is 15.8 Å². The third-order valence-corrected chi connectivity index (χ3v) is 6.78. The first-order valence-corrected chi connectivity index (χ1v) is 11.7. The smallest absolute Gasteiger partial charge is 0.267 e. The van der Waals surface area contributed by atoms with Crippen LogP contribution in [0.25, 0.3) is 11.7 Å². The zero-order valence-corrected chi connectivity index (χ0v) is 20.2. The Morgan fingerprint density at radius 1 is 1.21 bits per heavy atom. The number of pyridine rings is 1. The van der Waals surface area contributed by atoms with Crippen LogP contribution < -0.4 is 10.9 Å². The first-order chi connectivity index (χ1) is 15.9. The maximum Gasteiger partial charge on any atom is 0.267 e. The van der Waals surface area contributed by atoms with Gasteiger partial charge < -0.3 is 10.1 Å². The number of amides is 1. The molecule has 2 aromatic heterocycles. The summed E-state index contributed by atoms with van der Waals surface area (Å²) in [5.74, 6) is 0.186. The summed E-state index contributed by atoms with van der Waals surface area (Å²) < 4.78 is 7.03. The molecule has 0 saturated carbocycles. The number of fused-ring (bicyclic) bond motifs is 1. The molecule has 1 unspecified atom stereocenters. The SMILES string of the molecule is COCCN1C(=O)/C(=C/c2c(NC(C)c3ccccc3)nc3c(C)cccn3c2=O)SC1=S. The van der Waals surface area contributed by atoms with Crippen LogP contribution in [-0.2, 0) is 9.53 Å². The fourth-order valence-corrected chi connectivity index (χ4v) is 4.88. The second kappa shape index (κ2) is 9.86. The van der Waals surface area contributed by atoms with Gasteiger partial charge >= 0.3 is 0 Å². The van der Waals surface area contributed by atoms with Crippen LogP contribution in [0.4, 0.5) is 5.82 Å². The van der Waals surface area contributed by atoms with Gasteiger partial charge in [-0.1, -0.05) is 60.4 Å². The van der Waals surface area contributed by atoms with Gasteiger partial charge in [0.2, 0.25) is 0 Å². The van der Waals surface area contributed by atoms with Gasteiger partial charge in [-0.15, -0.1) is 0 Å². The zero-order chi connectivity index (χ0) is 23.5. The summed E-state index contributed by atoms with van der Waals surface area (Å²) in [5.41, 5.74) is 2.56. The molecule has 1 atom stereocenters. The van der Waals surface area contributed by atoms with Crippen LogP contribution in [0.15, 0.2) is 58.4 Å². The summed E-state index contributed by atoms with van der Waals surface area (Å²) in [6.07, 6.45) is 3.28. The third-order valence-electron chi connectivity index (χ3n) is 5.41. The minimum atomic E-state index is -0.256. The summed E-state index contributed by atoms with van der Waals surface area (Å²) in [6, 6.07) is 13.5. The van der Waals surface area contributed by atoms with Gasteiger partial charge in [-0.3, -0.25) is 18.9 Å². The van der Waals surface area contributed by atoms with Crippen molar-refractivity contribution in [3.63, 3.8) is 0 Å². The van der Waals surface area contributed by atoms with Gasteiger partial charge in [0.05, 0.1) is 23.6 Å². The van der Waals surface area contributed by atoms with Crippen LogP contribution in [0.1, 0.15) is 29.7 Å². The number of hydrogen-bond acceptors (Lipinski definition) is 7. The first-order valence-electron chi connectivity index (χ1n) is 10.5. The molecule has 0 aliphatic carbocycles. The summed E-state index contributed by atoms with van der Waals surface area (Å²) in [4.78, 5) is 33.1. The highest BCUT2D eigenvalue weighted by molar-refractivity contribution is 8.26. The van der Waals surface area contributed by atoms with E-state index in [4.69, 9.17) is 21.9 Å². The van der Waals surface area contributed by atoms with E-state index in [-0.39, 0.29) is 17.5 Å². The van der Waals surface area contributed by atoms with Crippen LogP contribution in [0.5, 0.6) is 0 Å². The van der Waals surface area contributed by atoms with Crippen molar-refractivity contribution in [2.24, 2.45) is 0 Å². The standard InChI is InChI=1S/C24H24N4O3S2/c1-15-8-7-11-27-21(15)26-20(25-16(2)17-9-5-4-6-10-17)18(22(27)29)14-19-23(30)28(12-13-31-3)24(32)33-19/h4-11,14,16,25H,12-13H2,1-3H3/b19-14-. The highest BCUT2D eigenvalue weighted by Gasteiger charge is 2.32. The molecule has 170 valence electrons. The van der Waals surface area contributed by atoms with Gasteiger partial charge in [-0.05, 0) is 37.1 Å². The molecule has 4 rings (SSSR count). The van der Waals surface area contributed by atoms with Crippen molar-refractivity contribution in [3.8, 4) is 0 Å². The maximum absolute atomic E-state index is 13.5. The maximum atomic E-state index is 13.5. The van der Waals surface area contributed by atoms with Crippen LogP contribution >= 0.6 is 24.0 Å². The Balaban J connectivity index is 1.81. The molecule has 1 aliphatic heterocycles. The highest BCUT2D eigenvalue weighted by atomic mass is 32.2. The van der Waals surface area contributed by atoms with Crippen molar-refractivity contribution >= 4 is 51.7 Å². The number of carbonyl (C=O) groups is 1. The Morgan fingerprint density at radius 2 is 1.97 bits per heavy atom. The van der Waals surface area contributed by atoms with E-state index in [1.54, 1.807) is 25.4 Å². The van der Waals surface area contributed by atoms with E-state index < -0.39 is 0 Å². The Bertz CT molecular complexity index is 1300. The van der Waals surface area contributed by atoms with Gasteiger partial charge in [0, 0.05) is 19.3 Å². The molecule has 1 aromatic carbocycles. The van der Waals surface area contributed by atoms with Crippen LogP contribution in [0, 0.1) is 6.92 Å². The fraction of sp³-hybridized carbons (Fsp3) is 0.250. The number of anilines is 1. The van der Waals surface area contributed by atoms with E-state index in [0.29, 0.717) is 39.4 Å². The lowest BCUT2D eigenvalue weighted by Gasteiger charge is -2.18. The van der Waals surface area contributed by atoms with Crippen molar-refractivity contribution in [1.82, 2.24) is 14.3 Å². The number of nitrogens with one attached hydrogen (secondary N) is 1. The number of hydrogen-bond donors (Lipinski definition) is 1. The number of benzene rings is 1. The molecule has 1 saturated heterocycles. The number of methoxy groups -OCH3 is 1.